The highest BCUT2D eigenvalue weighted by molar-refractivity contribution is 5.78. The van der Waals surface area contributed by atoms with Crippen molar-refractivity contribution in [3.8, 4) is 0 Å². The van der Waals surface area contributed by atoms with Gasteiger partial charge in [-0.1, -0.05) is 0 Å². The van der Waals surface area contributed by atoms with Gasteiger partial charge in [0, 0.05) is 38.1 Å². The third-order valence-corrected chi connectivity index (χ3v) is 4.63. The summed E-state index contributed by atoms with van der Waals surface area (Å²) in [6.07, 6.45) is 3.53. The standard InChI is InChI=1S/C16H25N3O2/c1-12-5-6-15(21-12)13-9-18(10-14(13)17)11-16(20)19-7-3-2-4-8-19/h5-6,13-14H,2-4,7-11,17H2,1H3/t13-,14-/m0/s1. The van der Waals surface area contributed by atoms with Gasteiger partial charge in [0.25, 0.3) is 0 Å². The zero-order valence-electron chi connectivity index (χ0n) is 12.8. The highest BCUT2D eigenvalue weighted by Gasteiger charge is 2.34. The van der Waals surface area contributed by atoms with E-state index in [4.69, 9.17) is 10.2 Å². The molecule has 0 bridgehead atoms. The highest BCUT2D eigenvalue weighted by Crippen LogP contribution is 2.27. The van der Waals surface area contributed by atoms with E-state index in [0.29, 0.717) is 6.54 Å². The van der Waals surface area contributed by atoms with Gasteiger partial charge >= 0.3 is 0 Å². The van der Waals surface area contributed by atoms with Crippen LogP contribution in [-0.4, -0.2) is 54.5 Å². The first-order valence-electron chi connectivity index (χ1n) is 7.95. The predicted molar refractivity (Wildman–Crippen MR) is 81.0 cm³/mol. The van der Waals surface area contributed by atoms with Crippen molar-refractivity contribution in [1.82, 2.24) is 9.80 Å². The van der Waals surface area contributed by atoms with Gasteiger partial charge in [0.1, 0.15) is 11.5 Å². The molecule has 1 aromatic rings. The average molecular weight is 291 g/mol. The molecule has 1 aromatic heterocycles. The molecule has 2 aliphatic rings. The molecule has 1 amide bonds. The number of furan rings is 1. The van der Waals surface area contributed by atoms with Crippen molar-refractivity contribution < 1.29 is 9.21 Å². The number of carbonyl (C=O) groups excluding carboxylic acids is 1. The normalized spacial score (nSPS) is 27.2. The molecule has 0 unspecified atom stereocenters. The van der Waals surface area contributed by atoms with Crippen molar-refractivity contribution in [2.45, 2.75) is 38.1 Å². The Kier molecular flexibility index (Phi) is 4.31. The van der Waals surface area contributed by atoms with Crippen molar-refractivity contribution in [3.63, 3.8) is 0 Å². The lowest BCUT2D eigenvalue weighted by molar-refractivity contribution is -0.133. The monoisotopic (exact) mass is 291 g/mol. The number of amides is 1. The first-order valence-corrected chi connectivity index (χ1v) is 7.95. The van der Waals surface area contributed by atoms with E-state index in [0.717, 1.165) is 50.5 Å². The Morgan fingerprint density at radius 3 is 2.71 bits per heavy atom. The molecular weight excluding hydrogens is 266 g/mol. The fraction of sp³-hybridized carbons (Fsp3) is 0.688. The summed E-state index contributed by atoms with van der Waals surface area (Å²) in [5.74, 6) is 2.32. The van der Waals surface area contributed by atoms with Gasteiger partial charge in [0.2, 0.25) is 5.91 Å². The molecular formula is C16H25N3O2. The molecule has 5 heteroatoms. The molecule has 0 saturated carbocycles. The Morgan fingerprint density at radius 2 is 2.05 bits per heavy atom. The minimum atomic E-state index is 0.0460. The minimum Gasteiger partial charge on any atom is -0.466 e. The molecule has 2 fully saturated rings. The molecule has 116 valence electrons. The van der Waals surface area contributed by atoms with E-state index in [-0.39, 0.29) is 17.9 Å². The van der Waals surface area contributed by atoms with Gasteiger partial charge in [0.15, 0.2) is 0 Å². The van der Waals surface area contributed by atoms with E-state index in [1.807, 2.05) is 24.0 Å². The van der Waals surface area contributed by atoms with Gasteiger partial charge in [-0.05, 0) is 38.3 Å². The first-order chi connectivity index (χ1) is 10.1. The number of carbonyl (C=O) groups is 1. The van der Waals surface area contributed by atoms with Crippen LogP contribution in [0.5, 0.6) is 0 Å². The van der Waals surface area contributed by atoms with Crippen LogP contribution in [0.25, 0.3) is 0 Å². The second-order valence-corrected chi connectivity index (χ2v) is 6.35. The lowest BCUT2D eigenvalue weighted by Gasteiger charge is -2.28. The lowest BCUT2D eigenvalue weighted by Crippen LogP contribution is -2.42. The Balaban J connectivity index is 1.57. The molecule has 3 heterocycles. The number of nitrogens with zero attached hydrogens (tertiary/aromatic N) is 2. The van der Waals surface area contributed by atoms with Crippen molar-refractivity contribution >= 4 is 5.91 Å². The number of hydrogen-bond donors (Lipinski definition) is 1. The second kappa shape index (κ2) is 6.20. The molecule has 3 rings (SSSR count). The zero-order valence-corrected chi connectivity index (χ0v) is 12.8. The summed E-state index contributed by atoms with van der Waals surface area (Å²) in [6, 6.07) is 4.03. The quantitative estimate of drug-likeness (QED) is 0.912. The van der Waals surface area contributed by atoms with Crippen LogP contribution < -0.4 is 5.73 Å². The molecule has 0 aromatic carbocycles. The predicted octanol–water partition coefficient (Wildman–Crippen LogP) is 1.33. The largest absolute Gasteiger partial charge is 0.466 e. The molecule has 21 heavy (non-hydrogen) atoms. The summed E-state index contributed by atoms with van der Waals surface area (Å²) < 4.78 is 5.71. The van der Waals surface area contributed by atoms with Crippen LogP contribution in [-0.2, 0) is 4.79 Å². The summed E-state index contributed by atoms with van der Waals surface area (Å²) in [5.41, 5.74) is 6.24. The number of aryl methyl sites for hydroxylation is 1. The fourth-order valence-electron chi connectivity index (χ4n) is 3.43. The second-order valence-electron chi connectivity index (χ2n) is 6.35. The summed E-state index contributed by atoms with van der Waals surface area (Å²) in [7, 11) is 0. The molecule has 0 spiro atoms. The third kappa shape index (κ3) is 3.30. The van der Waals surface area contributed by atoms with Crippen LogP contribution in [0.2, 0.25) is 0 Å². The van der Waals surface area contributed by atoms with Crippen LogP contribution in [0, 0.1) is 6.92 Å². The zero-order chi connectivity index (χ0) is 14.8. The van der Waals surface area contributed by atoms with Gasteiger partial charge in [0.05, 0.1) is 6.54 Å². The number of rotatable bonds is 3. The molecule has 2 N–H and O–H groups in total. The minimum absolute atomic E-state index is 0.0460. The van der Waals surface area contributed by atoms with Gasteiger partial charge in [-0.2, -0.15) is 0 Å². The van der Waals surface area contributed by atoms with E-state index in [1.54, 1.807) is 0 Å². The summed E-state index contributed by atoms with van der Waals surface area (Å²) in [5, 5.41) is 0. The summed E-state index contributed by atoms with van der Waals surface area (Å²) in [4.78, 5) is 16.5. The molecule has 0 aliphatic carbocycles. The maximum Gasteiger partial charge on any atom is 0.236 e. The van der Waals surface area contributed by atoms with E-state index < -0.39 is 0 Å². The maximum atomic E-state index is 12.3. The van der Waals surface area contributed by atoms with Crippen LogP contribution in [0.15, 0.2) is 16.5 Å². The van der Waals surface area contributed by atoms with Crippen LogP contribution in [0.4, 0.5) is 0 Å². The van der Waals surface area contributed by atoms with Crippen molar-refractivity contribution in [3.05, 3.63) is 23.7 Å². The number of piperidine rings is 1. The van der Waals surface area contributed by atoms with Gasteiger partial charge in [-0.3, -0.25) is 9.69 Å². The van der Waals surface area contributed by atoms with Crippen LogP contribution in [0.3, 0.4) is 0 Å². The molecule has 0 radical (unpaired) electrons. The van der Waals surface area contributed by atoms with Crippen LogP contribution >= 0.6 is 0 Å². The van der Waals surface area contributed by atoms with Crippen molar-refractivity contribution in [1.29, 1.82) is 0 Å². The fourth-order valence-corrected chi connectivity index (χ4v) is 3.43. The third-order valence-electron chi connectivity index (χ3n) is 4.63. The Bertz CT molecular complexity index is 493. The smallest absolute Gasteiger partial charge is 0.236 e. The first kappa shape index (κ1) is 14.6. The van der Waals surface area contributed by atoms with E-state index in [2.05, 4.69) is 4.90 Å². The van der Waals surface area contributed by atoms with E-state index >= 15 is 0 Å². The molecule has 2 saturated heterocycles. The Morgan fingerprint density at radius 1 is 1.29 bits per heavy atom. The number of hydrogen-bond acceptors (Lipinski definition) is 4. The summed E-state index contributed by atoms with van der Waals surface area (Å²) >= 11 is 0. The molecule has 2 atom stereocenters. The maximum absolute atomic E-state index is 12.3. The van der Waals surface area contributed by atoms with E-state index in [9.17, 15) is 4.79 Å². The SMILES string of the molecule is Cc1ccc([C@H]2CN(CC(=O)N3CCCCC3)C[C@@H]2N)o1. The molecule has 5 nitrogen and oxygen atoms in total. The van der Waals surface area contributed by atoms with Crippen molar-refractivity contribution in [2.75, 3.05) is 32.7 Å². The number of nitrogens with two attached hydrogens (primary N) is 1. The Hall–Kier alpha value is -1.33. The van der Waals surface area contributed by atoms with Gasteiger partial charge in [-0.15, -0.1) is 0 Å². The lowest BCUT2D eigenvalue weighted by atomic mass is 10.0. The van der Waals surface area contributed by atoms with E-state index in [1.165, 1.54) is 6.42 Å². The number of likely N-dealkylation sites (tertiary alicyclic amines) is 2. The van der Waals surface area contributed by atoms with Gasteiger partial charge in [-0.25, -0.2) is 0 Å². The Labute approximate surface area is 126 Å². The topological polar surface area (TPSA) is 62.7 Å². The van der Waals surface area contributed by atoms with Crippen LogP contribution in [0.1, 0.15) is 36.7 Å². The van der Waals surface area contributed by atoms with Crippen molar-refractivity contribution in [2.24, 2.45) is 5.73 Å². The summed E-state index contributed by atoms with van der Waals surface area (Å²) in [6.45, 7) is 5.85. The van der Waals surface area contributed by atoms with Gasteiger partial charge < -0.3 is 15.1 Å². The average Bonchev–Trinajstić information content (AvgIpc) is 3.06. The highest BCUT2D eigenvalue weighted by atomic mass is 16.3. The molecule has 2 aliphatic heterocycles.